The Morgan fingerprint density at radius 3 is 2.93 bits per heavy atom. The minimum atomic E-state index is 0.665. The lowest BCUT2D eigenvalue weighted by molar-refractivity contribution is 0.340. The molecule has 0 saturated heterocycles. The SMILES string of the molecule is CCOc1cc(S)c2cc(Cl)sc2c1. The number of hydrogen-bond acceptors (Lipinski definition) is 3. The lowest BCUT2D eigenvalue weighted by Gasteiger charge is -2.03. The Kier molecular flexibility index (Phi) is 2.91. The Hall–Kier alpha value is -0.380. The fourth-order valence-electron chi connectivity index (χ4n) is 1.31. The maximum Gasteiger partial charge on any atom is 0.121 e. The van der Waals surface area contributed by atoms with E-state index in [4.69, 9.17) is 16.3 Å². The van der Waals surface area contributed by atoms with Crippen molar-refractivity contribution in [3.05, 3.63) is 22.5 Å². The standard InChI is InChI=1S/C10H9ClOS2/c1-2-12-6-3-8(13)7-5-10(11)14-9(7)4-6/h3-5,13H,2H2,1H3. The van der Waals surface area contributed by atoms with Gasteiger partial charge in [0.1, 0.15) is 5.75 Å². The number of hydrogen-bond donors (Lipinski definition) is 1. The molecule has 4 heteroatoms. The predicted molar refractivity (Wildman–Crippen MR) is 65.3 cm³/mol. The lowest BCUT2D eigenvalue weighted by Crippen LogP contribution is -1.90. The van der Waals surface area contributed by atoms with Crippen LogP contribution in [0.3, 0.4) is 0 Å². The van der Waals surface area contributed by atoms with Gasteiger partial charge in [-0.1, -0.05) is 11.6 Å². The molecule has 1 aromatic heterocycles. The van der Waals surface area contributed by atoms with Crippen molar-refractivity contribution in [1.29, 1.82) is 0 Å². The molecule has 0 amide bonds. The first-order valence-electron chi connectivity index (χ1n) is 4.25. The van der Waals surface area contributed by atoms with Gasteiger partial charge >= 0.3 is 0 Å². The Labute approximate surface area is 97.1 Å². The summed E-state index contributed by atoms with van der Waals surface area (Å²) in [5.41, 5.74) is 0. The van der Waals surface area contributed by atoms with E-state index in [2.05, 4.69) is 12.6 Å². The molecule has 0 spiro atoms. The lowest BCUT2D eigenvalue weighted by atomic mass is 10.2. The van der Waals surface area contributed by atoms with Gasteiger partial charge in [-0.3, -0.25) is 0 Å². The molecule has 2 aromatic rings. The largest absolute Gasteiger partial charge is 0.494 e. The third kappa shape index (κ3) is 1.85. The average molecular weight is 245 g/mol. The van der Waals surface area contributed by atoms with Crippen molar-refractivity contribution < 1.29 is 4.74 Å². The quantitative estimate of drug-likeness (QED) is 0.778. The van der Waals surface area contributed by atoms with Gasteiger partial charge in [-0.05, 0) is 25.1 Å². The van der Waals surface area contributed by atoms with Crippen molar-refractivity contribution in [3.8, 4) is 5.75 Å². The summed E-state index contributed by atoms with van der Waals surface area (Å²) in [6.07, 6.45) is 0. The van der Waals surface area contributed by atoms with Crippen LogP contribution in [0.1, 0.15) is 6.92 Å². The first-order chi connectivity index (χ1) is 6.70. The van der Waals surface area contributed by atoms with Crippen molar-refractivity contribution in [2.24, 2.45) is 0 Å². The van der Waals surface area contributed by atoms with Crippen LogP contribution in [0.4, 0.5) is 0 Å². The van der Waals surface area contributed by atoms with Crippen molar-refractivity contribution in [3.63, 3.8) is 0 Å². The monoisotopic (exact) mass is 244 g/mol. The molecule has 0 aliphatic rings. The van der Waals surface area contributed by atoms with Crippen molar-refractivity contribution in [2.45, 2.75) is 11.8 Å². The minimum Gasteiger partial charge on any atom is -0.494 e. The van der Waals surface area contributed by atoms with E-state index in [0.29, 0.717) is 6.61 Å². The number of halogens is 1. The van der Waals surface area contributed by atoms with Crippen LogP contribution in [0, 0.1) is 0 Å². The molecule has 0 atom stereocenters. The zero-order chi connectivity index (χ0) is 10.1. The third-order valence-electron chi connectivity index (χ3n) is 1.87. The smallest absolute Gasteiger partial charge is 0.121 e. The molecular weight excluding hydrogens is 236 g/mol. The van der Waals surface area contributed by atoms with Crippen LogP contribution < -0.4 is 4.74 Å². The molecule has 0 aliphatic heterocycles. The number of benzene rings is 1. The average Bonchev–Trinajstić information content (AvgIpc) is 2.47. The Bertz CT molecular complexity index is 464. The van der Waals surface area contributed by atoms with Gasteiger partial charge in [0.15, 0.2) is 0 Å². The summed E-state index contributed by atoms with van der Waals surface area (Å²) in [7, 11) is 0. The predicted octanol–water partition coefficient (Wildman–Crippen LogP) is 4.24. The topological polar surface area (TPSA) is 9.23 Å². The number of thiophene rings is 1. The highest BCUT2D eigenvalue weighted by atomic mass is 35.5. The molecule has 14 heavy (non-hydrogen) atoms. The van der Waals surface area contributed by atoms with Crippen molar-refractivity contribution in [2.75, 3.05) is 6.61 Å². The third-order valence-corrected chi connectivity index (χ3v) is 3.45. The van der Waals surface area contributed by atoms with E-state index in [1.165, 1.54) is 0 Å². The maximum absolute atomic E-state index is 5.93. The molecule has 1 heterocycles. The first-order valence-corrected chi connectivity index (χ1v) is 5.89. The minimum absolute atomic E-state index is 0.665. The molecule has 1 aromatic carbocycles. The molecule has 1 nitrogen and oxygen atoms in total. The van der Waals surface area contributed by atoms with E-state index >= 15 is 0 Å². The maximum atomic E-state index is 5.93. The van der Waals surface area contributed by atoms with Crippen LogP contribution in [-0.2, 0) is 0 Å². The Morgan fingerprint density at radius 1 is 1.43 bits per heavy atom. The molecule has 0 unspecified atom stereocenters. The van der Waals surface area contributed by atoms with Gasteiger partial charge in [-0.2, -0.15) is 0 Å². The van der Waals surface area contributed by atoms with Crippen LogP contribution in [-0.4, -0.2) is 6.61 Å². The van der Waals surface area contributed by atoms with Crippen LogP contribution >= 0.6 is 35.6 Å². The summed E-state index contributed by atoms with van der Waals surface area (Å²) in [4.78, 5) is 0.911. The molecule has 74 valence electrons. The Morgan fingerprint density at radius 2 is 2.21 bits per heavy atom. The summed E-state index contributed by atoms with van der Waals surface area (Å²) in [6.45, 7) is 2.63. The summed E-state index contributed by atoms with van der Waals surface area (Å²) in [5.74, 6) is 0.850. The zero-order valence-corrected chi connectivity index (χ0v) is 10.0. The fourth-order valence-corrected chi connectivity index (χ4v) is 2.90. The van der Waals surface area contributed by atoms with Gasteiger partial charge in [0, 0.05) is 15.0 Å². The van der Waals surface area contributed by atoms with Crippen molar-refractivity contribution >= 4 is 45.7 Å². The van der Waals surface area contributed by atoms with Crippen LogP contribution in [0.2, 0.25) is 4.34 Å². The molecular formula is C10H9ClOS2. The van der Waals surface area contributed by atoms with Gasteiger partial charge in [0.05, 0.1) is 10.9 Å². The van der Waals surface area contributed by atoms with Gasteiger partial charge in [-0.25, -0.2) is 0 Å². The number of fused-ring (bicyclic) bond motifs is 1. The van der Waals surface area contributed by atoms with Gasteiger partial charge in [0.25, 0.3) is 0 Å². The molecule has 0 N–H and O–H groups in total. The zero-order valence-electron chi connectivity index (χ0n) is 7.58. The van der Waals surface area contributed by atoms with E-state index in [-0.39, 0.29) is 0 Å². The Balaban J connectivity index is 2.59. The second-order valence-corrected chi connectivity index (χ2v) is 5.03. The molecule has 0 bridgehead atoms. The molecule has 0 saturated carbocycles. The number of rotatable bonds is 2. The van der Waals surface area contributed by atoms with E-state index in [1.807, 2.05) is 25.1 Å². The number of thiol groups is 1. The van der Waals surface area contributed by atoms with E-state index < -0.39 is 0 Å². The van der Waals surface area contributed by atoms with Crippen LogP contribution in [0.25, 0.3) is 10.1 Å². The van der Waals surface area contributed by atoms with E-state index in [1.54, 1.807) is 11.3 Å². The number of ether oxygens (including phenoxy) is 1. The van der Waals surface area contributed by atoms with E-state index in [9.17, 15) is 0 Å². The van der Waals surface area contributed by atoms with Gasteiger partial charge in [-0.15, -0.1) is 24.0 Å². The normalized spacial score (nSPS) is 10.8. The summed E-state index contributed by atoms with van der Waals surface area (Å²) in [6, 6.07) is 5.84. The summed E-state index contributed by atoms with van der Waals surface area (Å²) >= 11 is 11.9. The second-order valence-electron chi connectivity index (χ2n) is 2.84. The highest BCUT2D eigenvalue weighted by Crippen LogP contribution is 2.36. The summed E-state index contributed by atoms with van der Waals surface area (Å²) in [5, 5.41) is 1.09. The first kappa shape index (κ1) is 10.1. The molecule has 2 rings (SSSR count). The fraction of sp³-hybridized carbons (Fsp3) is 0.200. The van der Waals surface area contributed by atoms with E-state index in [0.717, 1.165) is 25.1 Å². The van der Waals surface area contributed by atoms with Gasteiger partial charge in [0.2, 0.25) is 0 Å². The van der Waals surface area contributed by atoms with Crippen molar-refractivity contribution in [1.82, 2.24) is 0 Å². The highest BCUT2D eigenvalue weighted by Gasteiger charge is 2.05. The van der Waals surface area contributed by atoms with Crippen LogP contribution in [0.5, 0.6) is 5.75 Å². The molecule has 0 radical (unpaired) electrons. The van der Waals surface area contributed by atoms with Crippen LogP contribution in [0.15, 0.2) is 23.1 Å². The second kappa shape index (κ2) is 4.01. The highest BCUT2D eigenvalue weighted by molar-refractivity contribution is 7.80. The molecule has 0 fully saturated rings. The van der Waals surface area contributed by atoms with Gasteiger partial charge < -0.3 is 4.74 Å². The summed E-state index contributed by atoms with van der Waals surface area (Å²) < 4.78 is 7.32. The molecule has 0 aliphatic carbocycles.